The van der Waals surface area contributed by atoms with Crippen LogP contribution in [0.5, 0.6) is 5.75 Å². The van der Waals surface area contributed by atoms with Crippen LogP contribution in [0.4, 0.5) is 5.69 Å². The van der Waals surface area contributed by atoms with Gasteiger partial charge in [0.25, 0.3) is 0 Å². The number of nitrogens with zero attached hydrogens (tertiary/aromatic N) is 1. The Hall–Kier alpha value is -2.04. The highest BCUT2D eigenvalue weighted by Gasteiger charge is 2.20. The van der Waals surface area contributed by atoms with E-state index in [2.05, 4.69) is 35.2 Å². The molecule has 0 aromatic heterocycles. The minimum Gasteiger partial charge on any atom is -0.496 e. The number of likely N-dealkylation sites (tertiary alicyclic amines) is 1. The molecule has 0 amide bonds. The van der Waals surface area contributed by atoms with Gasteiger partial charge in [-0.25, -0.2) is 0 Å². The van der Waals surface area contributed by atoms with E-state index in [4.69, 9.17) is 22.1 Å². The summed E-state index contributed by atoms with van der Waals surface area (Å²) in [6.45, 7) is 3.32. The summed E-state index contributed by atoms with van der Waals surface area (Å²) in [6.07, 6.45) is 4.81. The summed E-state index contributed by atoms with van der Waals surface area (Å²) in [6, 6.07) is 14.0. The topological polar surface area (TPSA) is 55.6 Å². The lowest BCUT2D eigenvalue weighted by Crippen LogP contribution is -2.33. The van der Waals surface area contributed by atoms with Crippen LogP contribution in [-0.2, 0) is 0 Å². The normalized spacial score (nSPS) is 15.5. The second kappa shape index (κ2) is 9.94. The maximum atomic E-state index is 12.5. The quantitative estimate of drug-likeness (QED) is 0.377. The first-order chi connectivity index (χ1) is 13.6. The Bertz CT molecular complexity index is 787. The molecule has 0 bridgehead atoms. The van der Waals surface area contributed by atoms with Crippen molar-refractivity contribution in [3.05, 3.63) is 58.6 Å². The van der Waals surface area contributed by atoms with Crippen molar-refractivity contribution in [1.82, 2.24) is 4.90 Å². The number of carbonyl (C=O) groups excluding carboxylic acids is 1. The minimum atomic E-state index is 0.0570. The highest BCUT2D eigenvalue weighted by molar-refractivity contribution is 6.33. The molecule has 1 fully saturated rings. The van der Waals surface area contributed by atoms with E-state index in [-0.39, 0.29) is 5.78 Å². The first-order valence-electron chi connectivity index (χ1n) is 10.0. The number of methoxy groups -OCH3 is 1. The number of Topliss-reactive ketones (excluding diaryl/α,β-unsaturated/α-hetero) is 1. The van der Waals surface area contributed by atoms with Crippen molar-refractivity contribution in [3.63, 3.8) is 0 Å². The van der Waals surface area contributed by atoms with Gasteiger partial charge in [-0.15, -0.1) is 0 Å². The zero-order chi connectivity index (χ0) is 19.9. The SMILES string of the molecule is COc1cc(N)c(Cl)cc1C(=O)CCCCN1CCC(c2ccccc2)CC1. The molecule has 2 N–H and O–H groups in total. The van der Waals surface area contributed by atoms with Gasteiger partial charge in [0.1, 0.15) is 5.75 Å². The summed E-state index contributed by atoms with van der Waals surface area (Å²) in [7, 11) is 1.54. The lowest BCUT2D eigenvalue weighted by atomic mass is 9.89. The van der Waals surface area contributed by atoms with Gasteiger partial charge in [0.05, 0.1) is 23.4 Å². The zero-order valence-corrected chi connectivity index (χ0v) is 17.3. The van der Waals surface area contributed by atoms with E-state index in [1.54, 1.807) is 19.2 Å². The van der Waals surface area contributed by atoms with Gasteiger partial charge in [-0.05, 0) is 62.9 Å². The van der Waals surface area contributed by atoms with E-state index in [1.165, 1.54) is 18.4 Å². The number of hydrogen-bond acceptors (Lipinski definition) is 4. The Morgan fingerprint density at radius 2 is 1.89 bits per heavy atom. The maximum Gasteiger partial charge on any atom is 0.166 e. The van der Waals surface area contributed by atoms with Crippen molar-refractivity contribution in [2.45, 2.75) is 38.0 Å². The third kappa shape index (κ3) is 5.27. The van der Waals surface area contributed by atoms with Crippen molar-refractivity contribution in [2.24, 2.45) is 0 Å². The number of ketones is 1. The van der Waals surface area contributed by atoms with E-state index < -0.39 is 0 Å². The molecule has 0 atom stereocenters. The number of unbranched alkanes of at least 4 members (excludes halogenated alkanes) is 1. The monoisotopic (exact) mass is 400 g/mol. The summed E-state index contributed by atoms with van der Waals surface area (Å²) < 4.78 is 5.28. The highest BCUT2D eigenvalue weighted by Crippen LogP contribution is 2.30. The predicted molar refractivity (Wildman–Crippen MR) is 115 cm³/mol. The maximum absolute atomic E-state index is 12.5. The molecule has 0 aliphatic carbocycles. The van der Waals surface area contributed by atoms with Gasteiger partial charge in [-0.3, -0.25) is 4.79 Å². The zero-order valence-electron chi connectivity index (χ0n) is 16.5. The first-order valence-corrected chi connectivity index (χ1v) is 10.4. The molecule has 2 aromatic carbocycles. The van der Waals surface area contributed by atoms with E-state index in [1.807, 2.05) is 0 Å². The number of anilines is 1. The number of carbonyl (C=O) groups is 1. The number of halogens is 1. The van der Waals surface area contributed by atoms with Crippen LogP contribution in [0, 0.1) is 0 Å². The van der Waals surface area contributed by atoms with E-state index in [0.717, 1.165) is 32.5 Å². The minimum absolute atomic E-state index is 0.0570. The number of ether oxygens (including phenoxy) is 1. The first kappa shape index (κ1) is 20.7. The molecule has 150 valence electrons. The summed E-state index contributed by atoms with van der Waals surface area (Å²) >= 11 is 6.07. The Labute approximate surface area is 172 Å². The van der Waals surface area contributed by atoms with Crippen LogP contribution in [0.15, 0.2) is 42.5 Å². The Morgan fingerprint density at radius 3 is 2.57 bits per heavy atom. The van der Waals surface area contributed by atoms with E-state index in [0.29, 0.717) is 34.4 Å². The molecule has 5 heteroatoms. The molecule has 2 aromatic rings. The second-order valence-corrected chi connectivity index (χ2v) is 7.89. The fraction of sp³-hybridized carbons (Fsp3) is 0.435. The number of benzene rings is 2. The lowest BCUT2D eigenvalue weighted by molar-refractivity contribution is 0.0974. The van der Waals surface area contributed by atoms with Gasteiger partial charge >= 0.3 is 0 Å². The molecular weight excluding hydrogens is 372 g/mol. The summed E-state index contributed by atoms with van der Waals surface area (Å²) in [5, 5.41) is 0.394. The molecule has 0 unspecified atom stereocenters. The fourth-order valence-corrected chi connectivity index (χ4v) is 4.09. The summed E-state index contributed by atoms with van der Waals surface area (Å²) in [5.74, 6) is 1.23. The molecule has 1 aliphatic heterocycles. The van der Waals surface area contributed by atoms with Crippen LogP contribution in [0.25, 0.3) is 0 Å². The molecule has 1 heterocycles. The number of rotatable bonds is 8. The predicted octanol–water partition coefficient (Wildman–Crippen LogP) is 5.16. The standard InChI is InChI=1S/C23H29ClN2O2/c1-28-23-16-21(25)20(24)15-19(23)22(27)9-5-6-12-26-13-10-18(11-14-26)17-7-3-2-4-8-17/h2-4,7-8,15-16,18H,5-6,9-14,25H2,1H3. The summed E-state index contributed by atoms with van der Waals surface area (Å²) in [4.78, 5) is 15.1. The van der Waals surface area contributed by atoms with Crippen LogP contribution in [0.1, 0.15) is 53.9 Å². The molecule has 0 radical (unpaired) electrons. The van der Waals surface area contributed by atoms with Crippen LogP contribution < -0.4 is 10.5 Å². The third-order valence-electron chi connectivity index (χ3n) is 5.61. The van der Waals surface area contributed by atoms with E-state index >= 15 is 0 Å². The molecule has 3 rings (SSSR count). The number of nitrogen functional groups attached to an aromatic ring is 1. The van der Waals surface area contributed by atoms with Crippen molar-refractivity contribution in [1.29, 1.82) is 0 Å². The molecule has 0 spiro atoms. The highest BCUT2D eigenvalue weighted by atomic mass is 35.5. The van der Waals surface area contributed by atoms with Gasteiger partial charge in [-0.1, -0.05) is 41.9 Å². The number of nitrogens with two attached hydrogens (primary N) is 1. The Kier molecular flexibility index (Phi) is 7.35. The largest absolute Gasteiger partial charge is 0.496 e. The van der Waals surface area contributed by atoms with Crippen LogP contribution >= 0.6 is 11.6 Å². The van der Waals surface area contributed by atoms with Crippen molar-refractivity contribution < 1.29 is 9.53 Å². The van der Waals surface area contributed by atoms with Gasteiger partial charge in [-0.2, -0.15) is 0 Å². The van der Waals surface area contributed by atoms with Gasteiger partial charge in [0.2, 0.25) is 0 Å². The smallest absolute Gasteiger partial charge is 0.166 e. The summed E-state index contributed by atoms with van der Waals surface area (Å²) in [5.41, 5.74) is 8.19. The fourth-order valence-electron chi connectivity index (χ4n) is 3.93. The van der Waals surface area contributed by atoms with Gasteiger partial charge < -0.3 is 15.4 Å². The van der Waals surface area contributed by atoms with E-state index in [9.17, 15) is 4.79 Å². The van der Waals surface area contributed by atoms with Gasteiger partial charge in [0.15, 0.2) is 5.78 Å². The average molecular weight is 401 g/mol. The molecule has 1 aliphatic rings. The lowest BCUT2D eigenvalue weighted by Gasteiger charge is -2.32. The second-order valence-electron chi connectivity index (χ2n) is 7.48. The number of piperidine rings is 1. The third-order valence-corrected chi connectivity index (χ3v) is 5.93. The molecule has 4 nitrogen and oxygen atoms in total. The van der Waals surface area contributed by atoms with Crippen molar-refractivity contribution in [3.8, 4) is 5.75 Å². The van der Waals surface area contributed by atoms with Gasteiger partial charge in [0, 0.05) is 12.5 Å². The van der Waals surface area contributed by atoms with Crippen LogP contribution in [-0.4, -0.2) is 37.4 Å². The average Bonchev–Trinajstić information content (AvgIpc) is 2.73. The molecule has 1 saturated heterocycles. The molecule has 28 heavy (non-hydrogen) atoms. The van der Waals surface area contributed by atoms with Crippen LogP contribution in [0.3, 0.4) is 0 Å². The number of hydrogen-bond donors (Lipinski definition) is 1. The Balaban J connectivity index is 1.41. The van der Waals surface area contributed by atoms with Crippen molar-refractivity contribution >= 4 is 23.1 Å². The van der Waals surface area contributed by atoms with Crippen LogP contribution in [0.2, 0.25) is 5.02 Å². The Morgan fingerprint density at radius 1 is 1.18 bits per heavy atom. The van der Waals surface area contributed by atoms with Crippen molar-refractivity contribution in [2.75, 3.05) is 32.5 Å². The molecule has 0 saturated carbocycles. The molecular formula is C23H29ClN2O2.